The van der Waals surface area contributed by atoms with Gasteiger partial charge in [-0.15, -0.1) is 11.3 Å². The van der Waals surface area contributed by atoms with Gasteiger partial charge in [0.2, 0.25) is 5.91 Å². The van der Waals surface area contributed by atoms with Crippen LogP contribution in [0.25, 0.3) is 0 Å². The first-order valence-corrected chi connectivity index (χ1v) is 12.4. The van der Waals surface area contributed by atoms with E-state index in [0.717, 1.165) is 27.5 Å². The molecule has 0 aliphatic carbocycles. The number of rotatable bonds is 10. The maximum atomic E-state index is 13.7. The van der Waals surface area contributed by atoms with Crippen LogP contribution in [0, 0.1) is 0 Å². The molecule has 7 nitrogen and oxygen atoms in total. The number of hydrogen-bond acceptors (Lipinski definition) is 6. The number of nitrogens with zero attached hydrogens (tertiary/aromatic N) is 1. The standard InChI is InChI=1S/C27H30N2O5S/c1-32-15-14-29-25(23-9-6-16-35-23)24(20-7-4-5-8-21(20)27(29)31)26(30)28-13-12-18-17-19(33-2)10-11-22(18)34-3/h4-11,16-17,24-25H,12-15H2,1-3H3,(H,28,30)/t24-,25+/m1/s1. The van der Waals surface area contributed by atoms with Crippen LogP contribution >= 0.6 is 11.3 Å². The molecule has 4 rings (SSSR count). The normalized spacial score (nSPS) is 17.1. The molecule has 1 aliphatic heterocycles. The number of carbonyl (C=O) groups is 2. The van der Waals surface area contributed by atoms with E-state index in [0.29, 0.717) is 31.7 Å². The summed E-state index contributed by atoms with van der Waals surface area (Å²) in [6.45, 7) is 1.21. The highest BCUT2D eigenvalue weighted by molar-refractivity contribution is 7.10. The Morgan fingerprint density at radius 2 is 1.89 bits per heavy atom. The van der Waals surface area contributed by atoms with Gasteiger partial charge in [0.05, 0.1) is 32.8 Å². The lowest BCUT2D eigenvalue weighted by atomic mass is 9.81. The molecule has 2 atom stereocenters. The van der Waals surface area contributed by atoms with Crippen molar-refractivity contribution in [1.29, 1.82) is 0 Å². The van der Waals surface area contributed by atoms with Crippen molar-refractivity contribution in [1.82, 2.24) is 10.2 Å². The first kappa shape index (κ1) is 24.8. The monoisotopic (exact) mass is 494 g/mol. The highest BCUT2D eigenvalue weighted by atomic mass is 32.1. The van der Waals surface area contributed by atoms with Gasteiger partial charge in [-0.3, -0.25) is 9.59 Å². The van der Waals surface area contributed by atoms with Crippen LogP contribution in [-0.4, -0.2) is 57.7 Å². The second-order valence-electron chi connectivity index (χ2n) is 8.24. The highest BCUT2D eigenvalue weighted by Gasteiger charge is 2.44. The van der Waals surface area contributed by atoms with Crippen molar-refractivity contribution in [3.05, 3.63) is 81.5 Å². The van der Waals surface area contributed by atoms with Gasteiger partial charge < -0.3 is 24.4 Å². The summed E-state index contributed by atoms with van der Waals surface area (Å²) in [6, 6.07) is 16.5. The summed E-state index contributed by atoms with van der Waals surface area (Å²) < 4.78 is 16.1. The number of benzene rings is 2. The van der Waals surface area contributed by atoms with Crippen molar-refractivity contribution in [2.24, 2.45) is 0 Å². The van der Waals surface area contributed by atoms with E-state index >= 15 is 0 Å². The van der Waals surface area contributed by atoms with Crippen molar-refractivity contribution in [3.63, 3.8) is 0 Å². The summed E-state index contributed by atoms with van der Waals surface area (Å²) in [7, 11) is 4.86. The Morgan fingerprint density at radius 1 is 1.06 bits per heavy atom. The van der Waals surface area contributed by atoms with Gasteiger partial charge in [0.15, 0.2) is 0 Å². The van der Waals surface area contributed by atoms with E-state index in [-0.39, 0.29) is 11.8 Å². The van der Waals surface area contributed by atoms with E-state index in [4.69, 9.17) is 14.2 Å². The van der Waals surface area contributed by atoms with Gasteiger partial charge in [-0.05, 0) is 53.3 Å². The van der Waals surface area contributed by atoms with Gasteiger partial charge in [0, 0.05) is 30.6 Å². The molecule has 0 saturated heterocycles. The van der Waals surface area contributed by atoms with Crippen LogP contribution < -0.4 is 14.8 Å². The van der Waals surface area contributed by atoms with Gasteiger partial charge in [-0.2, -0.15) is 0 Å². The minimum Gasteiger partial charge on any atom is -0.497 e. The topological polar surface area (TPSA) is 77.1 Å². The van der Waals surface area contributed by atoms with E-state index < -0.39 is 12.0 Å². The smallest absolute Gasteiger partial charge is 0.254 e. The number of fused-ring (bicyclic) bond motifs is 1. The van der Waals surface area contributed by atoms with Crippen molar-refractivity contribution in [2.45, 2.75) is 18.4 Å². The molecule has 184 valence electrons. The maximum absolute atomic E-state index is 13.7. The number of methoxy groups -OCH3 is 3. The second kappa shape index (κ2) is 11.4. The highest BCUT2D eigenvalue weighted by Crippen LogP contribution is 2.44. The lowest BCUT2D eigenvalue weighted by Gasteiger charge is -2.41. The number of amides is 2. The average molecular weight is 495 g/mol. The van der Waals surface area contributed by atoms with Gasteiger partial charge >= 0.3 is 0 Å². The molecule has 0 fully saturated rings. The zero-order valence-electron chi connectivity index (χ0n) is 20.2. The number of thiophene rings is 1. The van der Waals surface area contributed by atoms with Crippen LogP contribution in [0.3, 0.4) is 0 Å². The summed E-state index contributed by atoms with van der Waals surface area (Å²) in [6.07, 6.45) is 0.580. The van der Waals surface area contributed by atoms with Gasteiger partial charge in [0.25, 0.3) is 5.91 Å². The molecule has 0 bridgehead atoms. The van der Waals surface area contributed by atoms with Crippen LogP contribution in [-0.2, 0) is 16.0 Å². The Kier molecular flexibility index (Phi) is 8.05. The van der Waals surface area contributed by atoms with Gasteiger partial charge in [0.1, 0.15) is 11.5 Å². The van der Waals surface area contributed by atoms with Gasteiger partial charge in [-0.1, -0.05) is 24.3 Å². The fourth-order valence-corrected chi connectivity index (χ4v) is 5.47. The van der Waals surface area contributed by atoms with E-state index in [9.17, 15) is 9.59 Å². The quantitative estimate of drug-likeness (QED) is 0.460. The van der Waals surface area contributed by atoms with Gasteiger partial charge in [-0.25, -0.2) is 0 Å². The van der Waals surface area contributed by atoms with Crippen LogP contribution in [0.2, 0.25) is 0 Å². The molecule has 0 radical (unpaired) electrons. The third-order valence-corrected chi connectivity index (χ3v) is 7.22. The Labute approximate surface area is 209 Å². The molecular formula is C27H30N2O5S. The molecule has 0 saturated carbocycles. The summed E-state index contributed by atoms with van der Waals surface area (Å²) in [4.78, 5) is 29.9. The molecule has 2 heterocycles. The molecule has 2 amide bonds. The second-order valence-corrected chi connectivity index (χ2v) is 9.21. The summed E-state index contributed by atoms with van der Waals surface area (Å²) in [5.74, 6) is 0.745. The first-order chi connectivity index (χ1) is 17.1. The zero-order chi connectivity index (χ0) is 24.8. The number of ether oxygens (including phenoxy) is 3. The first-order valence-electron chi connectivity index (χ1n) is 11.5. The average Bonchev–Trinajstić information content (AvgIpc) is 3.42. The van der Waals surface area contributed by atoms with E-state index in [1.165, 1.54) is 0 Å². The maximum Gasteiger partial charge on any atom is 0.254 e. The third kappa shape index (κ3) is 5.18. The molecule has 0 spiro atoms. The molecule has 1 aromatic heterocycles. The minimum absolute atomic E-state index is 0.0822. The lowest BCUT2D eigenvalue weighted by molar-refractivity contribution is -0.124. The minimum atomic E-state index is -0.536. The van der Waals surface area contributed by atoms with Crippen LogP contribution in [0.4, 0.5) is 0 Å². The van der Waals surface area contributed by atoms with Crippen molar-refractivity contribution in [3.8, 4) is 11.5 Å². The Hall–Kier alpha value is -3.36. The van der Waals surface area contributed by atoms with E-state index in [2.05, 4.69) is 5.32 Å². The number of nitrogens with one attached hydrogen (secondary N) is 1. The molecule has 0 unspecified atom stereocenters. The summed E-state index contributed by atoms with van der Waals surface area (Å²) in [5.41, 5.74) is 2.26. The van der Waals surface area contributed by atoms with Crippen molar-refractivity contribution >= 4 is 23.2 Å². The SMILES string of the molecule is COCCN1C(=O)c2ccccc2[C@@H](C(=O)NCCc2cc(OC)ccc2OC)[C@@H]1c1cccs1. The zero-order valence-corrected chi connectivity index (χ0v) is 21.0. The predicted octanol–water partition coefficient (Wildman–Crippen LogP) is 4.05. The molecule has 8 heteroatoms. The summed E-state index contributed by atoms with van der Waals surface area (Å²) in [5, 5.41) is 5.09. The van der Waals surface area contributed by atoms with Crippen LogP contribution in [0.5, 0.6) is 11.5 Å². The molecule has 2 aromatic carbocycles. The molecule has 1 N–H and O–H groups in total. The third-order valence-electron chi connectivity index (χ3n) is 6.27. The fourth-order valence-electron chi connectivity index (χ4n) is 4.59. The number of carbonyl (C=O) groups excluding carboxylic acids is 2. The predicted molar refractivity (Wildman–Crippen MR) is 135 cm³/mol. The van der Waals surface area contributed by atoms with Crippen molar-refractivity contribution < 1.29 is 23.8 Å². The Balaban J connectivity index is 1.62. The molecule has 35 heavy (non-hydrogen) atoms. The lowest BCUT2D eigenvalue weighted by Crippen LogP contribution is -2.48. The van der Waals surface area contributed by atoms with E-state index in [1.807, 2.05) is 53.9 Å². The van der Waals surface area contributed by atoms with E-state index in [1.54, 1.807) is 43.6 Å². The van der Waals surface area contributed by atoms with Crippen molar-refractivity contribution in [2.75, 3.05) is 41.0 Å². The largest absolute Gasteiger partial charge is 0.497 e. The number of hydrogen-bond donors (Lipinski definition) is 1. The van der Waals surface area contributed by atoms with Crippen LogP contribution in [0.1, 0.15) is 38.3 Å². The Morgan fingerprint density at radius 3 is 2.60 bits per heavy atom. The molecular weight excluding hydrogens is 464 g/mol. The molecule has 3 aromatic rings. The van der Waals surface area contributed by atoms with Crippen LogP contribution in [0.15, 0.2) is 60.0 Å². The Bertz CT molecular complexity index is 1160. The molecule has 1 aliphatic rings. The summed E-state index contributed by atoms with van der Waals surface area (Å²) >= 11 is 1.55. The fraction of sp³-hybridized carbons (Fsp3) is 0.333.